The third-order valence-electron chi connectivity index (χ3n) is 3.29. The van der Waals surface area contributed by atoms with E-state index in [1.807, 2.05) is 0 Å². The smallest absolute Gasteiger partial charge is 0.130 e. The minimum Gasteiger partial charge on any atom is -0.388 e. The summed E-state index contributed by atoms with van der Waals surface area (Å²) in [6.45, 7) is 0.147. The second-order valence-electron chi connectivity index (χ2n) is 4.63. The molecule has 2 nitrogen and oxygen atoms in total. The van der Waals surface area contributed by atoms with E-state index in [9.17, 15) is 9.50 Å². The summed E-state index contributed by atoms with van der Waals surface area (Å²) in [5, 5.41) is 11.2. The first-order valence-corrected chi connectivity index (χ1v) is 7.77. The molecular formula is C15H13BrCl2FNO. The summed E-state index contributed by atoms with van der Waals surface area (Å²) in [7, 11) is 0. The van der Waals surface area contributed by atoms with Gasteiger partial charge in [0, 0.05) is 22.5 Å². The van der Waals surface area contributed by atoms with Crippen molar-refractivity contribution in [2.45, 2.75) is 12.0 Å². The second kappa shape index (κ2) is 7.07. The van der Waals surface area contributed by atoms with E-state index in [1.165, 1.54) is 12.1 Å². The van der Waals surface area contributed by atoms with E-state index in [4.69, 9.17) is 28.9 Å². The third kappa shape index (κ3) is 3.76. The van der Waals surface area contributed by atoms with Gasteiger partial charge in [-0.05, 0) is 29.8 Å². The van der Waals surface area contributed by atoms with Crippen molar-refractivity contribution in [1.82, 2.24) is 0 Å². The first-order valence-electron chi connectivity index (χ1n) is 6.22. The molecule has 0 heterocycles. The lowest BCUT2D eigenvalue weighted by atomic mass is 9.89. The van der Waals surface area contributed by atoms with Crippen LogP contribution in [-0.2, 0) is 0 Å². The molecule has 2 rings (SSSR count). The molecule has 2 unspecified atom stereocenters. The SMILES string of the molecule is NCC(c1ccc(Cl)c(Cl)c1)C(O)c1ccc(Br)cc1F. The summed E-state index contributed by atoms with van der Waals surface area (Å²) in [5.41, 5.74) is 6.65. The average Bonchev–Trinajstić information content (AvgIpc) is 2.43. The van der Waals surface area contributed by atoms with Crippen LogP contribution in [0.25, 0.3) is 0 Å². The Morgan fingerprint density at radius 1 is 1.14 bits per heavy atom. The Kier molecular flexibility index (Phi) is 5.63. The molecule has 0 aromatic heterocycles. The third-order valence-corrected chi connectivity index (χ3v) is 4.52. The molecule has 0 fully saturated rings. The molecule has 0 aliphatic rings. The van der Waals surface area contributed by atoms with Gasteiger partial charge in [0.05, 0.1) is 16.1 Å². The van der Waals surface area contributed by atoms with Gasteiger partial charge in [0.2, 0.25) is 0 Å². The lowest BCUT2D eigenvalue weighted by Crippen LogP contribution is -2.21. The van der Waals surface area contributed by atoms with Crippen molar-refractivity contribution in [3.05, 3.63) is 67.9 Å². The first-order chi connectivity index (χ1) is 9.93. The average molecular weight is 393 g/mol. The molecule has 3 N–H and O–H groups in total. The van der Waals surface area contributed by atoms with Crippen molar-refractivity contribution in [2.24, 2.45) is 5.73 Å². The van der Waals surface area contributed by atoms with Gasteiger partial charge in [-0.15, -0.1) is 0 Å². The molecule has 2 aromatic rings. The van der Waals surface area contributed by atoms with Gasteiger partial charge in [-0.25, -0.2) is 4.39 Å². The fourth-order valence-electron chi connectivity index (χ4n) is 2.15. The normalized spacial score (nSPS) is 14.0. The van der Waals surface area contributed by atoms with Crippen LogP contribution < -0.4 is 5.73 Å². The van der Waals surface area contributed by atoms with E-state index in [0.717, 1.165) is 0 Å². The molecule has 2 aromatic carbocycles. The molecule has 0 saturated heterocycles. The Hall–Kier alpha value is -0.650. The zero-order valence-corrected chi connectivity index (χ0v) is 14.0. The first kappa shape index (κ1) is 16.7. The lowest BCUT2D eigenvalue weighted by Gasteiger charge is -2.23. The Bertz CT molecular complexity index is 654. The van der Waals surface area contributed by atoms with Gasteiger partial charge in [-0.3, -0.25) is 0 Å². The van der Waals surface area contributed by atoms with Gasteiger partial charge < -0.3 is 10.8 Å². The highest BCUT2D eigenvalue weighted by molar-refractivity contribution is 9.10. The van der Waals surface area contributed by atoms with Crippen molar-refractivity contribution in [2.75, 3.05) is 6.54 Å². The van der Waals surface area contributed by atoms with Crippen LogP contribution in [0.1, 0.15) is 23.1 Å². The predicted molar refractivity (Wildman–Crippen MR) is 87.3 cm³/mol. The zero-order valence-electron chi connectivity index (χ0n) is 10.9. The summed E-state index contributed by atoms with van der Waals surface area (Å²) < 4.78 is 14.6. The van der Waals surface area contributed by atoms with Gasteiger partial charge >= 0.3 is 0 Å². The standard InChI is InChI=1S/C15H13BrCl2FNO/c16-9-2-3-10(14(19)6-9)15(21)11(7-20)8-1-4-12(17)13(18)5-8/h1-6,11,15,21H,7,20H2. The van der Waals surface area contributed by atoms with E-state index in [1.54, 1.807) is 24.3 Å². The van der Waals surface area contributed by atoms with Crippen molar-refractivity contribution >= 4 is 39.1 Å². The highest BCUT2D eigenvalue weighted by Gasteiger charge is 2.24. The van der Waals surface area contributed by atoms with Gasteiger partial charge in [-0.1, -0.05) is 51.3 Å². The monoisotopic (exact) mass is 391 g/mol. The number of rotatable bonds is 4. The number of halogens is 4. The van der Waals surface area contributed by atoms with E-state index in [2.05, 4.69) is 15.9 Å². The molecule has 0 bridgehead atoms. The van der Waals surface area contributed by atoms with Crippen LogP contribution in [0.5, 0.6) is 0 Å². The maximum Gasteiger partial charge on any atom is 0.130 e. The molecule has 0 spiro atoms. The largest absolute Gasteiger partial charge is 0.388 e. The molecule has 0 aliphatic heterocycles. The molecule has 21 heavy (non-hydrogen) atoms. The molecule has 6 heteroatoms. The van der Waals surface area contributed by atoms with Crippen LogP contribution in [0.4, 0.5) is 4.39 Å². The predicted octanol–water partition coefficient (Wildman–Crippen LogP) is 4.67. The van der Waals surface area contributed by atoms with Crippen LogP contribution in [0.15, 0.2) is 40.9 Å². The Balaban J connectivity index is 2.37. The molecule has 0 saturated carbocycles. The summed E-state index contributed by atoms with van der Waals surface area (Å²) >= 11 is 15.0. The minimum atomic E-state index is -1.07. The van der Waals surface area contributed by atoms with Gasteiger partial charge in [0.25, 0.3) is 0 Å². The molecule has 0 amide bonds. The number of aliphatic hydroxyl groups excluding tert-OH is 1. The highest BCUT2D eigenvalue weighted by Crippen LogP contribution is 2.35. The van der Waals surface area contributed by atoms with Crippen molar-refractivity contribution in [3.63, 3.8) is 0 Å². The Labute approximate surface area is 140 Å². The number of aliphatic hydroxyl groups is 1. The maximum atomic E-state index is 14.0. The zero-order chi connectivity index (χ0) is 15.6. The highest BCUT2D eigenvalue weighted by atomic mass is 79.9. The van der Waals surface area contributed by atoms with Gasteiger partial charge in [-0.2, -0.15) is 0 Å². The molecule has 0 radical (unpaired) electrons. The van der Waals surface area contributed by atoms with Gasteiger partial charge in [0.15, 0.2) is 0 Å². The van der Waals surface area contributed by atoms with Crippen LogP contribution in [0.2, 0.25) is 10.0 Å². The quantitative estimate of drug-likeness (QED) is 0.793. The fourth-order valence-corrected chi connectivity index (χ4v) is 2.79. The van der Waals surface area contributed by atoms with E-state index in [-0.39, 0.29) is 12.1 Å². The van der Waals surface area contributed by atoms with Crippen molar-refractivity contribution < 1.29 is 9.50 Å². The lowest BCUT2D eigenvalue weighted by molar-refractivity contribution is 0.143. The van der Waals surface area contributed by atoms with E-state index in [0.29, 0.717) is 20.1 Å². The summed E-state index contributed by atoms with van der Waals surface area (Å²) in [6.07, 6.45) is -1.07. The van der Waals surface area contributed by atoms with Crippen molar-refractivity contribution in [3.8, 4) is 0 Å². The maximum absolute atomic E-state index is 14.0. The fraction of sp³-hybridized carbons (Fsp3) is 0.200. The summed E-state index contributed by atoms with van der Waals surface area (Å²) in [5.74, 6) is -0.967. The van der Waals surface area contributed by atoms with Gasteiger partial charge in [0.1, 0.15) is 5.82 Å². The van der Waals surface area contributed by atoms with Crippen LogP contribution in [0.3, 0.4) is 0 Å². The van der Waals surface area contributed by atoms with Crippen molar-refractivity contribution in [1.29, 1.82) is 0 Å². The summed E-state index contributed by atoms with van der Waals surface area (Å²) in [6, 6.07) is 9.51. The number of hydrogen-bond acceptors (Lipinski definition) is 2. The number of nitrogens with two attached hydrogens (primary N) is 1. The van der Waals surface area contributed by atoms with Crippen LogP contribution in [0, 0.1) is 5.82 Å². The van der Waals surface area contributed by atoms with E-state index < -0.39 is 17.8 Å². The number of benzene rings is 2. The topological polar surface area (TPSA) is 46.2 Å². The Morgan fingerprint density at radius 2 is 1.86 bits per heavy atom. The second-order valence-corrected chi connectivity index (χ2v) is 6.36. The number of hydrogen-bond donors (Lipinski definition) is 2. The van der Waals surface area contributed by atoms with Crippen LogP contribution in [-0.4, -0.2) is 11.7 Å². The van der Waals surface area contributed by atoms with E-state index >= 15 is 0 Å². The molecular weight excluding hydrogens is 380 g/mol. The molecule has 2 atom stereocenters. The van der Waals surface area contributed by atoms with Crippen LogP contribution >= 0.6 is 39.1 Å². The summed E-state index contributed by atoms with van der Waals surface area (Å²) in [4.78, 5) is 0. The Morgan fingerprint density at radius 3 is 2.43 bits per heavy atom. The molecule has 0 aliphatic carbocycles. The molecule has 112 valence electrons. The minimum absolute atomic E-state index is 0.147.